The van der Waals surface area contributed by atoms with Gasteiger partial charge in [-0.15, -0.1) is 0 Å². The SMILES string of the molecule is CCN(Cc1ccccc1)C(=O)C(C)S(=O)CCO. The van der Waals surface area contributed by atoms with E-state index in [2.05, 4.69) is 0 Å². The minimum Gasteiger partial charge on any atom is -0.395 e. The molecule has 1 rings (SSSR count). The number of carbonyl (C=O) groups is 1. The third kappa shape index (κ3) is 4.76. The van der Waals surface area contributed by atoms with Crippen LogP contribution in [-0.4, -0.2) is 44.3 Å². The molecule has 1 aromatic carbocycles. The van der Waals surface area contributed by atoms with Gasteiger partial charge in [0.15, 0.2) is 0 Å². The summed E-state index contributed by atoms with van der Waals surface area (Å²) in [5.41, 5.74) is 1.05. The first-order valence-corrected chi connectivity index (χ1v) is 7.79. The fraction of sp³-hybridized carbons (Fsp3) is 0.500. The van der Waals surface area contributed by atoms with Crippen molar-refractivity contribution in [3.05, 3.63) is 35.9 Å². The lowest BCUT2D eigenvalue weighted by molar-refractivity contribution is -0.130. The standard InChI is InChI=1S/C14H21NO3S/c1-3-15(11-13-7-5-4-6-8-13)14(17)12(2)19(18)10-9-16/h4-8,12,16H,3,9-11H2,1-2H3. The number of aliphatic hydroxyl groups is 1. The van der Waals surface area contributed by atoms with E-state index in [1.54, 1.807) is 11.8 Å². The molecule has 0 aliphatic heterocycles. The number of rotatable bonds is 7. The zero-order valence-electron chi connectivity index (χ0n) is 11.4. The van der Waals surface area contributed by atoms with Gasteiger partial charge in [0.2, 0.25) is 5.91 Å². The molecular formula is C14H21NO3S. The molecule has 0 aromatic heterocycles. The minimum absolute atomic E-state index is 0.127. The van der Waals surface area contributed by atoms with Crippen molar-refractivity contribution in [1.29, 1.82) is 0 Å². The van der Waals surface area contributed by atoms with Gasteiger partial charge in [-0.05, 0) is 19.4 Å². The van der Waals surface area contributed by atoms with Gasteiger partial charge in [-0.1, -0.05) is 30.3 Å². The maximum Gasteiger partial charge on any atom is 0.238 e. The number of nitrogens with zero attached hydrogens (tertiary/aromatic N) is 1. The molecule has 106 valence electrons. The fourth-order valence-electron chi connectivity index (χ4n) is 1.79. The zero-order chi connectivity index (χ0) is 14.3. The summed E-state index contributed by atoms with van der Waals surface area (Å²) in [5.74, 6) is 0.0219. The minimum atomic E-state index is -1.32. The van der Waals surface area contributed by atoms with Gasteiger partial charge in [-0.25, -0.2) is 0 Å². The molecule has 1 N–H and O–H groups in total. The lowest BCUT2D eigenvalue weighted by Gasteiger charge is -2.24. The first kappa shape index (κ1) is 15.9. The van der Waals surface area contributed by atoms with Crippen LogP contribution in [0.2, 0.25) is 0 Å². The summed E-state index contributed by atoms with van der Waals surface area (Å²) in [6.45, 7) is 4.50. The van der Waals surface area contributed by atoms with Crippen molar-refractivity contribution < 1.29 is 14.1 Å². The number of benzene rings is 1. The molecule has 0 heterocycles. The third-order valence-electron chi connectivity index (χ3n) is 2.94. The van der Waals surface area contributed by atoms with E-state index in [-0.39, 0.29) is 18.3 Å². The average Bonchev–Trinajstić information content (AvgIpc) is 2.44. The van der Waals surface area contributed by atoms with Gasteiger partial charge >= 0.3 is 0 Å². The number of amides is 1. The van der Waals surface area contributed by atoms with E-state index in [0.717, 1.165) is 5.56 Å². The summed E-state index contributed by atoms with van der Waals surface area (Å²) in [5, 5.41) is 8.21. The molecule has 1 amide bonds. The van der Waals surface area contributed by atoms with Crippen LogP contribution >= 0.6 is 0 Å². The highest BCUT2D eigenvalue weighted by atomic mass is 32.2. The molecule has 0 fully saturated rings. The Morgan fingerprint density at radius 2 is 2.00 bits per heavy atom. The molecule has 2 atom stereocenters. The lowest BCUT2D eigenvalue weighted by atomic mass is 10.2. The van der Waals surface area contributed by atoms with Crippen LogP contribution in [0.5, 0.6) is 0 Å². The van der Waals surface area contributed by atoms with Gasteiger partial charge in [0.1, 0.15) is 5.25 Å². The Hall–Kier alpha value is -1.20. The molecule has 0 saturated carbocycles. The third-order valence-corrected chi connectivity index (χ3v) is 4.52. The molecule has 4 nitrogen and oxygen atoms in total. The maximum absolute atomic E-state index is 12.2. The van der Waals surface area contributed by atoms with E-state index in [1.165, 1.54) is 0 Å². The van der Waals surface area contributed by atoms with Crippen LogP contribution in [0.1, 0.15) is 19.4 Å². The number of carbonyl (C=O) groups excluding carboxylic acids is 1. The van der Waals surface area contributed by atoms with E-state index >= 15 is 0 Å². The predicted octanol–water partition coefficient (Wildman–Crippen LogP) is 1.16. The molecule has 0 radical (unpaired) electrons. The summed E-state index contributed by atoms with van der Waals surface area (Å²) < 4.78 is 11.8. The van der Waals surface area contributed by atoms with Crippen LogP contribution in [-0.2, 0) is 22.1 Å². The van der Waals surface area contributed by atoms with Crippen LogP contribution in [0.15, 0.2) is 30.3 Å². The number of hydrogen-bond donors (Lipinski definition) is 1. The quantitative estimate of drug-likeness (QED) is 0.817. The Morgan fingerprint density at radius 1 is 1.37 bits per heavy atom. The lowest BCUT2D eigenvalue weighted by Crippen LogP contribution is -2.40. The van der Waals surface area contributed by atoms with Crippen molar-refractivity contribution in [2.45, 2.75) is 25.6 Å². The van der Waals surface area contributed by atoms with E-state index in [1.807, 2.05) is 37.3 Å². The second-order valence-corrected chi connectivity index (χ2v) is 6.17. The van der Waals surface area contributed by atoms with E-state index in [9.17, 15) is 9.00 Å². The van der Waals surface area contributed by atoms with Gasteiger partial charge in [-0.2, -0.15) is 0 Å². The Labute approximate surface area is 116 Å². The van der Waals surface area contributed by atoms with Crippen molar-refractivity contribution in [2.75, 3.05) is 18.9 Å². The molecule has 19 heavy (non-hydrogen) atoms. The van der Waals surface area contributed by atoms with E-state index in [0.29, 0.717) is 13.1 Å². The van der Waals surface area contributed by atoms with Crippen molar-refractivity contribution in [3.8, 4) is 0 Å². The van der Waals surface area contributed by atoms with Gasteiger partial charge in [0, 0.05) is 29.6 Å². The fourth-order valence-corrected chi connectivity index (χ4v) is 2.69. The highest BCUT2D eigenvalue weighted by Gasteiger charge is 2.24. The summed E-state index contributed by atoms with van der Waals surface area (Å²) in [4.78, 5) is 13.9. The highest BCUT2D eigenvalue weighted by Crippen LogP contribution is 2.08. The largest absolute Gasteiger partial charge is 0.395 e. The molecule has 0 aliphatic carbocycles. The molecule has 0 bridgehead atoms. The van der Waals surface area contributed by atoms with Crippen LogP contribution in [0.4, 0.5) is 0 Å². The number of aliphatic hydroxyl groups excluding tert-OH is 1. The van der Waals surface area contributed by atoms with E-state index < -0.39 is 16.0 Å². The Balaban J connectivity index is 2.69. The first-order chi connectivity index (χ1) is 9.10. The molecule has 0 spiro atoms. The zero-order valence-corrected chi connectivity index (χ0v) is 12.2. The Morgan fingerprint density at radius 3 is 2.53 bits per heavy atom. The molecule has 2 unspecified atom stereocenters. The highest BCUT2D eigenvalue weighted by molar-refractivity contribution is 7.86. The molecule has 5 heteroatoms. The van der Waals surface area contributed by atoms with Crippen LogP contribution in [0.25, 0.3) is 0 Å². The topological polar surface area (TPSA) is 57.6 Å². The summed E-state index contributed by atoms with van der Waals surface area (Å²) in [6, 6.07) is 9.72. The van der Waals surface area contributed by atoms with Crippen LogP contribution in [0, 0.1) is 0 Å². The van der Waals surface area contributed by atoms with E-state index in [4.69, 9.17) is 5.11 Å². The van der Waals surface area contributed by atoms with Crippen molar-refractivity contribution in [2.24, 2.45) is 0 Å². The summed E-state index contributed by atoms with van der Waals surface area (Å²) in [6.07, 6.45) is 0. The molecule has 0 saturated heterocycles. The van der Waals surface area contributed by atoms with Crippen molar-refractivity contribution in [1.82, 2.24) is 4.90 Å². The summed E-state index contributed by atoms with van der Waals surface area (Å²) in [7, 11) is -1.32. The Bertz CT molecular complexity index is 422. The average molecular weight is 283 g/mol. The second kappa shape index (κ2) is 8.07. The summed E-state index contributed by atoms with van der Waals surface area (Å²) >= 11 is 0. The smallest absolute Gasteiger partial charge is 0.238 e. The maximum atomic E-state index is 12.2. The molecular weight excluding hydrogens is 262 g/mol. The normalized spacial score (nSPS) is 13.8. The molecule has 1 aromatic rings. The monoisotopic (exact) mass is 283 g/mol. The van der Waals surface area contributed by atoms with Crippen molar-refractivity contribution >= 4 is 16.7 Å². The predicted molar refractivity (Wildman–Crippen MR) is 77.1 cm³/mol. The van der Waals surface area contributed by atoms with Crippen LogP contribution < -0.4 is 0 Å². The number of hydrogen-bond acceptors (Lipinski definition) is 3. The van der Waals surface area contributed by atoms with Gasteiger partial charge < -0.3 is 10.0 Å². The van der Waals surface area contributed by atoms with Gasteiger partial charge in [0.05, 0.1) is 6.61 Å². The second-order valence-electron chi connectivity index (χ2n) is 4.29. The van der Waals surface area contributed by atoms with Crippen molar-refractivity contribution in [3.63, 3.8) is 0 Å². The Kier molecular flexibility index (Phi) is 6.73. The van der Waals surface area contributed by atoms with Gasteiger partial charge in [-0.3, -0.25) is 9.00 Å². The molecule has 0 aliphatic rings. The van der Waals surface area contributed by atoms with Gasteiger partial charge in [0.25, 0.3) is 0 Å². The van der Waals surface area contributed by atoms with Crippen LogP contribution in [0.3, 0.4) is 0 Å². The first-order valence-electron chi connectivity index (χ1n) is 6.40.